The maximum Gasteiger partial charge on any atom is 0.317 e. The highest BCUT2D eigenvalue weighted by atomic mass is 35.5. The number of rotatable bonds is 5. The van der Waals surface area contributed by atoms with Crippen molar-refractivity contribution in [3.8, 4) is 5.75 Å². The molecule has 1 aliphatic rings. The number of ether oxygens (including phenoxy) is 1. The highest BCUT2D eigenvalue weighted by molar-refractivity contribution is 7.07. The molecule has 3 aromatic rings. The van der Waals surface area contributed by atoms with E-state index >= 15 is 0 Å². The van der Waals surface area contributed by atoms with E-state index in [0.29, 0.717) is 30.0 Å². The Hall–Kier alpha value is -2.25. The predicted molar refractivity (Wildman–Crippen MR) is 103 cm³/mol. The molecule has 1 fully saturated rings. The maximum absolute atomic E-state index is 12.1. The van der Waals surface area contributed by atoms with Crippen molar-refractivity contribution >= 4 is 39.9 Å². The van der Waals surface area contributed by atoms with Crippen molar-refractivity contribution in [2.45, 2.75) is 32.5 Å². The van der Waals surface area contributed by atoms with Gasteiger partial charge >= 0.3 is 6.03 Å². The van der Waals surface area contributed by atoms with Crippen LogP contribution in [0.1, 0.15) is 24.7 Å². The summed E-state index contributed by atoms with van der Waals surface area (Å²) >= 11 is 7.86. The molecule has 4 rings (SSSR count). The topological polar surface area (TPSA) is 70.2 Å². The number of carbonyl (C=O) groups is 1. The van der Waals surface area contributed by atoms with Crippen LogP contribution in [-0.4, -0.2) is 33.5 Å². The molecule has 8 heteroatoms. The number of nitrogens with one attached hydrogen (secondary N) is 2. The van der Waals surface area contributed by atoms with Gasteiger partial charge in [0.2, 0.25) is 0 Å². The number of urea groups is 1. The number of fused-ring (bicyclic) bond motifs is 1. The molecule has 1 saturated heterocycles. The number of nitrogens with zero attached hydrogens (tertiary/aromatic N) is 2. The van der Waals surface area contributed by atoms with Crippen LogP contribution in [0.2, 0.25) is 5.02 Å². The van der Waals surface area contributed by atoms with Gasteiger partial charge in [0, 0.05) is 40.6 Å². The molecule has 6 nitrogen and oxygen atoms in total. The lowest BCUT2D eigenvalue weighted by Crippen LogP contribution is -2.53. The molecule has 1 aromatic carbocycles. The van der Waals surface area contributed by atoms with Crippen LogP contribution in [0.15, 0.2) is 29.1 Å². The highest BCUT2D eigenvalue weighted by Crippen LogP contribution is 2.31. The normalized spacial score (nSPS) is 16.5. The van der Waals surface area contributed by atoms with Gasteiger partial charge in [0.1, 0.15) is 12.4 Å². The molecule has 1 aliphatic heterocycles. The van der Waals surface area contributed by atoms with E-state index in [2.05, 4.69) is 22.2 Å². The third-order valence-corrected chi connectivity index (χ3v) is 5.53. The largest absolute Gasteiger partial charge is 0.486 e. The van der Waals surface area contributed by atoms with Gasteiger partial charge in [0.05, 0.1) is 22.8 Å². The summed E-state index contributed by atoms with van der Waals surface area (Å²) in [4.78, 5) is 21.4. The minimum atomic E-state index is -0.0206. The molecule has 3 heterocycles. The number of halogens is 1. The smallest absolute Gasteiger partial charge is 0.317 e. The van der Waals surface area contributed by atoms with Crippen molar-refractivity contribution in [1.82, 2.24) is 20.2 Å². The SMILES string of the molecule is C[C@@H]1CCN1C(=O)NCc1cc2cc(Cl)c(OCc3cscn3)cc2[nH]1. The van der Waals surface area contributed by atoms with E-state index in [9.17, 15) is 4.79 Å². The number of amides is 2. The molecular formula is C18H19ClN4O2S. The summed E-state index contributed by atoms with van der Waals surface area (Å²) in [5.41, 5.74) is 4.50. The first-order valence-corrected chi connectivity index (χ1v) is 9.77. The fourth-order valence-corrected chi connectivity index (χ4v) is 3.72. The third kappa shape index (κ3) is 3.50. The second-order valence-corrected chi connectivity index (χ2v) is 7.55. The summed E-state index contributed by atoms with van der Waals surface area (Å²) in [7, 11) is 0. The Morgan fingerprint density at radius 1 is 1.50 bits per heavy atom. The molecule has 0 unspecified atom stereocenters. The van der Waals surface area contributed by atoms with Gasteiger partial charge in [0.25, 0.3) is 0 Å². The number of hydrogen-bond acceptors (Lipinski definition) is 4. The van der Waals surface area contributed by atoms with E-state index in [4.69, 9.17) is 16.3 Å². The number of benzene rings is 1. The van der Waals surface area contributed by atoms with Crippen molar-refractivity contribution in [3.05, 3.63) is 45.5 Å². The maximum atomic E-state index is 12.1. The number of thiazole rings is 1. The summed E-state index contributed by atoms with van der Waals surface area (Å²) in [5, 5.41) is 6.43. The number of aromatic amines is 1. The molecule has 0 radical (unpaired) electrons. The van der Waals surface area contributed by atoms with Crippen molar-refractivity contribution in [3.63, 3.8) is 0 Å². The molecule has 0 bridgehead atoms. The van der Waals surface area contributed by atoms with Gasteiger partial charge in [-0.2, -0.15) is 0 Å². The molecule has 0 saturated carbocycles. The fourth-order valence-electron chi connectivity index (χ4n) is 2.95. The van der Waals surface area contributed by atoms with Crippen LogP contribution in [0.25, 0.3) is 10.9 Å². The second-order valence-electron chi connectivity index (χ2n) is 6.42. The molecule has 2 aromatic heterocycles. The zero-order valence-electron chi connectivity index (χ0n) is 14.3. The van der Waals surface area contributed by atoms with E-state index in [1.165, 1.54) is 11.3 Å². The highest BCUT2D eigenvalue weighted by Gasteiger charge is 2.27. The molecule has 26 heavy (non-hydrogen) atoms. The number of hydrogen-bond donors (Lipinski definition) is 2. The molecular weight excluding hydrogens is 372 g/mol. The van der Waals surface area contributed by atoms with E-state index in [1.807, 2.05) is 28.5 Å². The zero-order valence-corrected chi connectivity index (χ0v) is 15.9. The van der Waals surface area contributed by atoms with Crippen LogP contribution in [0.5, 0.6) is 5.75 Å². The van der Waals surface area contributed by atoms with E-state index in [1.54, 1.807) is 5.51 Å². The summed E-state index contributed by atoms with van der Waals surface area (Å²) in [6, 6.07) is 6.05. The Balaban J connectivity index is 1.43. The Kier molecular flexibility index (Phi) is 4.74. The first-order chi connectivity index (χ1) is 12.6. The Labute approximate surface area is 160 Å². The number of carbonyl (C=O) groups excluding carboxylic acids is 1. The van der Waals surface area contributed by atoms with Crippen molar-refractivity contribution in [2.75, 3.05) is 6.54 Å². The van der Waals surface area contributed by atoms with E-state index in [0.717, 1.165) is 35.3 Å². The van der Waals surface area contributed by atoms with Gasteiger partial charge in [-0.25, -0.2) is 9.78 Å². The molecule has 0 spiro atoms. The van der Waals surface area contributed by atoms with Gasteiger partial charge in [-0.05, 0) is 25.5 Å². The van der Waals surface area contributed by atoms with Gasteiger partial charge in [0.15, 0.2) is 0 Å². The van der Waals surface area contributed by atoms with Crippen LogP contribution >= 0.6 is 22.9 Å². The molecule has 0 aliphatic carbocycles. The van der Waals surface area contributed by atoms with Crippen molar-refractivity contribution in [1.29, 1.82) is 0 Å². The lowest BCUT2D eigenvalue weighted by Gasteiger charge is -2.38. The van der Waals surface area contributed by atoms with E-state index in [-0.39, 0.29) is 6.03 Å². The minimum Gasteiger partial charge on any atom is -0.486 e. The van der Waals surface area contributed by atoms with E-state index < -0.39 is 0 Å². The minimum absolute atomic E-state index is 0.0206. The first-order valence-electron chi connectivity index (χ1n) is 8.45. The predicted octanol–water partition coefficient (Wildman–Crippen LogP) is 4.16. The van der Waals surface area contributed by atoms with Crippen LogP contribution in [0, 0.1) is 0 Å². The Morgan fingerprint density at radius 3 is 3.08 bits per heavy atom. The van der Waals surface area contributed by atoms with Gasteiger partial charge in [-0.15, -0.1) is 11.3 Å². The summed E-state index contributed by atoms with van der Waals surface area (Å²) in [5.74, 6) is 0.610. The molecule has 2 N–H and O–H groups in total. The van der Waals surface area contributed by atoms with Gasteiger partial charge in [-0.1, -0.05) is 11.6 Å². The van der Waals surface area contributed by atoms with Crippen LogP contribution in [0.3, 0.4) is 0 Å². The molecule has 1 atom stereocenters. The van der Waals surface area contributed by atoms with Crippen LogP contribution in [-0.2, 0) is 13.2 Å². The average molecular weight is 391 g/mol. The van der Waals surface area contributed by atoms with Crippen molar-refractivity contribution in [2.24, 2.45) is 0 Å². The molecule has 136 valence electrons. The average Bonchev–Trinajstić information content (AvgIpc) is 3.25. The molecule has 2 amide bonds. The third-order valence-electron chi connectivity index (χ3n) is 4.60. The zero-order chi connectivity index (χ0) is 18.1. The lowest BCUT2D eigenvalue weighted by atomic mass is 10.1. The quantitative estimate of drug-likeness (QED) is 0.687. The monoisotopic (exact) mass is 390 g/mol. The summed E-state index contributed by atoms with van der Waals surface area (Å²) in [6.07, 6.45) is 1.07. The summed E-state index contributed by atoms with van der Waals surface area (Å²) in [6.45, 7) is 3.71. The Morgan fingerprint density at radius 2 is 2.38 bits per heavy atom. The lowest BCUT2D eigenvalue weighted by molar-refractivity contribution is 0.124. The van der Waals surface area contributed by atoms with Crippen LogP contribution < -0.4 is 10.1 Å². The van der Waals surface area contributed by atoms with Gasteiger partial charge in [-0.3, -0.25) is 0 Å². The van der Waals surface area contributed by atoms with Crippen LogP contribution in [0.4, 0.5) is 4.79 Å². The first kappa shape index (κ1) is 17.2. The second kappa shape index (κ2) is 7.17. The van der Waals surface area contributed by atoms with Crippen molar-refractivity contribution < 1.29 is 9.53 Å². The fraction of sp³-hybridized carbons (Fsp3) is 0.333. The summed E-state index contributed by atoms with van der Waals surface area (Å²) < 4.78 is 5.78. The standard InChI is InChI=1S/C18H19ClN4O2S/c1-11-2-3-23(11)18(24)20-7-13-4-12-5-15(19)17(6-16(12)22-13)25-8-14-9-26-10-21-14/h4-6,9-11,22H,2-3,7-8H2,1H3,(H,20,24)/t11-/m1/s1. The number of H-pyrrole nitrogens is 1. The van der Waals surface area contributed by atoms with Gasteiger partial charge < -0.3 is 19.9 Å². The number of aromatic nitrogens is 2. The Bertz CT molecular complexity index is 925. The number of likely N-dealkylation sites (tertiary alicyclic amines) is 1.